The van der Waals surface area contributed by atoms with Gasteiger partial charge in [0.2, 0.25) is 11.7 Å². The molecule has 0 bridgehead atoms. The van der Waals surface area contributed by atoms with Crippen molar-refractivity contribution in [3.8, 4) is 17.1 Å². The van der Waals surface area contributed by atoms with Crippen molar-refractivity contribution in [1.82, 2.24) is 31.1 Å². The molecular formula is C24H22N6O3. The molecule has 9 heteroatoms. The number of carbonyl (C=O) groups is 2. The molecule has 3 aromatic carbocycles. The summed E-state index contributed by atoms with van der Waals surface area (Å²) in [7, 11) is 1.54. The highest BCUT2D eigenvalue weighted by atomic mass is 16.5. The minimum Gasteiger partial charge on any atom is -0.496 e. The van der Waals surface area contributed by atoms with E-state index in [1.165, 1.54) is 4.80 Å². The first-order chi connectivity index (χ1) is 16.1. The number of hydrazine groups is 1. The lowest BCUT2D eigenvalue weighted by Gasteiger charge is -2.10. The van der Waals surface area contributed by atoms with E-state index >= 15 is 0 Å². The number of ether oxygens (including phenoxy) is 1. The Morgan fingerprint density at radius 1 is 0.909 bits per heavy atom. The zero-order valence-electron chi connectivity index (χ0n) is 17.9. The van der Waals surface area contributed by atoms with Gasteiger partial charge in [-0.15, -0.1) is 10.2 Å². The van der Waals surface area contributed by atoms with Crippen LogP contribution in [0.3, 0.4) is 0 Å². The molecule has 1 heterocycles. The quantitative estimate of drug-likeness (QED) is 0.425. The van der Waals surface area contributed by atoms with Crippen LogP contribution in [0.25, 0.3) is 11.4 Å². The third kappa shape index (κ3) is 5.59. The van der Waals surface area contributed by atoms with Gasteiger partial charge in [0.05, 0.1) is 20.1 Å². The lowest BCUT2D eigenvalue weighted by molar-refractivity contribution is -0.121. The van der Waals surface area contributed by atoms with E-state index in [9.17, 15) is 9.59 Å². The summed E-state index contributed by atoms with van der Waals surface area (Å²) in [5, 5.41) is 12.5. The molecular weight excluding hydrogens is 420 g/mol. The maximum Gasteiger partial charge on any atom is 0.269 e. The Bertz CT molecular complexity index is 1240. The smallest absolute Gasteiger partial charge is 0.269 e. The van der Waals surface area contributed by atoms with Crippen LogP contribution >= 0.6 is 0 Å². The Labute approximate surface area is 190 Å². The van der Waals surface area contributed by atoms with Crippen molar-refractivity contribution in [1.29, 1.82) is 0 Å². The summed E-state index contributed by atoms with van der Waals surface area (Å²) in [6.07, 6.45) is 0.0824. The fourth-order valence-electron chi connectivity index (χ4n) is 3.20. The molecule has 0 spiro atoms. The molecule has 0 atom stereocenters. The first kappa shape index (κ1) is 21.7. The number of hydrogen-bond acceptors (Lipinski definition) is 6. The SMILES string of the molecule is COc1ccccc1CC(=O)NNC(=O)c1ccc(Cn2nnc(-c3ccccc3)n2)cc1. The number of hydrogen-bond donors (Lipinski definition) is 2. The van der Waals surface area contributed by atoms with Gasteiger partial charge in [-0.25, -0.2) is 0 Å². The van der Waals surface area contributed by atoms with Gasteiger partial charge in [-0.2, -0.15) is 4.80 Å². The average molecular weight is 442 g/mol. The number of amides is 2. The van der Waals surface area contributed by atoms with Gasteiger partial charge in [-0.05, 0) is 29.0 Å². The van der Waals surface area contributed by atoms with Crippen molar-refractivity contribution in [2.45, 2.75) is 13.0 Å². The molecule has 0 unspecified atom stereocenters. The summed E-state index contributed by atoms with van der Waals surface area (Å²) in [4.78, 5) is 26.0. The van der Waals surface area contributed by atoms with Gasteiger partial charge < -0.3 is 4.74 Å². The predicted octanol–water partition coefficient (Wildman–Crippen LogP) is 2.40. The molecule has 2 N–H and O–H groups in total. The van der Waals surface area contributed by atoms with Crippen molar-refractivity contribution >= 4 is 11.8 Å². The highest BCUT2D eigenvalue weighted by Crippen LogP contribution is 2.17. The second kappa shape index (κ2) is 10.2. The molecule has 0 radical (unpaired) electrons. The third-order valence-corrected chi connectivity index (χ3v) is 4.88. The van der Waals surface area contributed by atoms with Crippen molar-refractivity contribution < 1.29 is 14.3 Å². The molecule has 166 valence electrons. The van der Waals surface area contributed by atoms with E-state index in [2.05, 4.69) is 26.3 Å². The molecule has 0 aliphatic rings. The van der Waals surface area contributed by atoms with Gasteiger partial charge >= 0.3 is 0 Å². The van der Waals surface area contributed by atoms with Crippen LogP contribution in [-0.2, 0) is 17.8 Å². The van der Waals surface area contributed by atoms with Crippen LogP contribution in [0.2, 0.25) is 0 Å². The molecule has 0 saturated carbocycles. The Balaban J connectivity index is 1.30. The van der Waals surface area contributed by atoms with Crippen LogP contribution in [0.15, 0.2) is 78.9 Å². The van der Waals surface area contributed by atoms with E-state index in [-0.39, 0.29) is 12.3 Å². The van der Waals surface area contributed by atoms with Gasteiger partial charge in [-0.3, -0.25) is 20.4 Å². The van der Waals surface area contributed by atoms with E-state index in [0.717, 1.165) is 16.7 Å². The van der Waals surface area contributed by atoms with Crippen molar-refractivity contribution in [2.24, 2.45) is 0 Å². The summed E-state index contributed by atoms with van der Waals surface area (Å²) >= 11 is 0. The minimum atomic E-state index is -0.417. The molecule has 4 aromatic rings. The van der Waals surface area contributed by atoms with Gasteiger partial charge in [0.25, 0.3) is 5.91 Å². The molecule has 0 aliphatic carbocycles. The van der Waals surface area contributed by atoms with E-state index in [4.69, 9.17) is 4.74 Å². The average Bonchev–Trinajstić information content (AvgIpc) is 3.32. The Kier molecular flexibility index (Phi) is 6.70. The molecule has 4 rings (SSSR count). The van der Waals surface area contributed by atoms with Gasteiger partial charge in [-0.1, -0.05) is 60.7 Å². The lowest BCUT2D eigenvalue weighted by Crippen LogP contribution is -2.42. The van der Waals surface area contributed by atoms with E-state index in [1.54, 1.807) is 43.5 Å². The Hall–Kier alpha value is -4.53. The van der Waals surface area contributed by atoms with Crippen LogP contribution in [0, 0.1) is 0 Å². The van der Waals surface area contributed by atoms with Crippen LogP contribution in [-0.4, -0.2) is 39.1 Å². The Morgan fingerprint density at radius 3 is 2.39 bits per heavy atom. The first-order valence-corrected chi connectivity index (χ1v) is 10.3. The number of methoxy groups -OCH3 is 1. The molecule has 0 fully saturated rings. The number of benzene rings is 3. The predicted molar refractivity (Wildman–Crippen MR) is 121 cm³/mol. The second-order valence-corrected chi connectivity index (χ2v) is 7.20. The van der Waals surface area contributed by atoms with E-state index < -0.39 is 5.91 Å². The minimum absolute atomic E-state index is 0.0824. The molecule has 0 saturated heterocycles. The van der Waals surface area contributed by atoms with Crippen LogP contribution < -0.4 is 15.6 Å². The number of para-hydroxylation sites is 1. The highest BCUT2D eigenvalue weighted by molar-refractivity contribution is 5.95. The zero-order chi connectivity index (χ0) is 23.0. The lowest BCUT2D eigenvalue weighted by atomic mass is 10.1. The molecule has 33 heavy (non-hydrogen) atoms. The van der Waals surface area contributed by atoms with Gasteiger partial charge in [0.1, 0.15) is 5.75 Å². The first-order valence-electron chi connectivity index (χ1n) is 10.3. The van der Waals surface area contributed by atoms with E-state index in [0.29, 0.717) is 23.7 Å². The highest BCUT2D eigenvalue weighted by Gasteiger charge is 2.11. The van der Waals surface area contributed by atoms with E-state index in [1.807, 2.05) is 42.5 Å². The van der Waals surface area contributed by atoms with Gasteiger partial charge in [0, 0.05) is 16.7 Å². The van der Waals surface area contributed by atoms with Crippen molar-refractivity contribution in [3.05, 3.63) is 95.6 Å². The normalized spacial score (nSPS) is 10.5. The van der Waals surface area contributed by atoms with Gasteiger partial charge in [0.15, 0.2) is 0 Å². The fraction of sp³-hybridized carbons (Fsp3) is 0.125. The van der Waals surface area contributed by atoms with Crippen LogP contribution in [0.4, 0.5) is 0 Å². The summed E-state index contributed by atoms with van der Waals surface area (Å²) in [6, 6.07) is 23.8. The van der Waals surface area contributed by atoms with Crippen molar-refractivity contribution in [3.63, 3.8) is 0 Å². The monoisotopic (exact) mass is 442 g/mol. The summed E-state index contributed by atoms with van der Waals surface area (Å²) in [5.74, 6) is 0.402. The summed E-state index contributed by atoms with van der Waals surface area (Å²) < 4.78 is 5.24. The molecule has 0 aliphatic heterocycles. The van der Waals surface area contributed by atoms with Crippen LogP contribution in [0.1, 0.15) is 21.5 Å². The fourth-order valence-corrected chi connectivity index (χ4v) is 3.20. The standard InChI is InChI=1S/C24H22N6O3/c1-33-21-10-6-5-9-20(21)15-22(31)25-27-24(32)19-13-11-17(12-14-19)16-30-28-23(26-29-30)18-7-3-2-4-8-18/h2-14H,15-16H2,1H3,(H,25,31)(H,27,32). The number of tetrazole rings is 1. The Morgan fingerprint density at radius 2 is 1.64 bits per heavy atom. The maximum absolute atomic E-state index is 12.4. The number of nitrogens with zero attached hydrogens (tertiary/aromatic N) is 4. The molecule has 9 nitrogen and oxygen atoms in total. The number of carbonyl (C=O) groups excluding carboxylic acids is 2. The summed E-state index contributed by atoms with van der Waals surface area (Å²) in [5.41, 5.74) is 7.79. The summed E-state index contributed by atoms with van der Waals surface area (Å²) in [6.45, 7) is 0.414. The third-order valence-electron chi connectivity index (χ3n) is 4.88. The van der Waals surface area contributed by atoms with Crippen molar-refractivity contribution in [2.75, 3.05) is 7.11 Å². The topological polar surface area (TPSA) is 111 Å². The number of nitrogens with one attached hydrogen (secondary N) is 2. The molecule has 1 aromatic heterocycles. The number of aromatic nitrogens is 4. The number of rotatable bonds is 7. The maximum atomic E-state index is 12.4. The zero-order valence-corrected chi connectivity index (χ0v) is 17.9. The largest absolute Gasteiger partial charge is 0.496 e. The second-order valence-electron chi connectivity index (χ2n) is 7.20. The molecule has 2 amide bonds. The van der Waals surface area contributed by atoms with Crippen LogP contribution in [0.5, 0.6) is 5.75 Å².